The summed E-state index contributed by atoms with van der Waals surface area (Å²) in [5.74, 6) is 7.13. The first-order valence-corrected chi connectivity index (χ1v) is 10.3. The highest BCUT2D eigenvalue weighted by molar-refractivity contribution is 5.40. The molecule has 0 unspecified atom stereocenters. The lowest BCUT2D eigenvalue weighted by atomic mass is 10.1. The Bertz CT molecular complexity index is 1260. The molecular formula is C25H25N3O3. The van der Waals surface area contributed by atoms with Gasteiger partial charge < -0.3 is 9.30 Å². The molecule has 2 aromatic carbocycles. The number of hydrogen-bond acceptors (Lipinski definition) is 4. The molecule has 6 heteroatoms. The van der Waals surface area contributed by atoms with Gasteiger partial charge in [0.2, 0.25) is 0 Å². The Balaban J connectivity index is 1.56. The van der Waals surface area contributed by atoms with Gasteiger partial charge in [0.25, 0.3) is 5.56 Å². The van der Waals surface area contributed by atoms with Crippen molar-refractivity contribution in [2.45, 2.75) is 19.5 Å². The van der Waals surface area contributed by atoms with E-state index in [-0.39, 0.29) is 17.8 Å². The summed E-state index contributed by atoms with van der Waals surface area (Å²) in [6, 6.07) is 17.2. The summed E-state index contributed by atoms with van der Waals surface area (Å²) in [5, 5.41) is 0. The summed E-state index contributed by atoms with van der Waals surface area (Å²) in [4.78, 5) is 28.1. The van der Waals surface area contributed by atoms with Crippen molar-refractivity contribution in [2.24, 2.45) is 7.05 Å². The second-order valence-corrected chi connectivity index (χ2v) is 7.64. The van der Waals surface area contributed by atoms with E-state index in [4.69, 9.17) is 4.74 Å². The molecule has 0 bridgehead atoms. The average molecular weight is 415 g/mol. The summed E-state index contributed by atoms with van der Waals surface area (Å²) in [6.07, 6.45) is 0.656. The van der Waals surface area contributed by atoms with E-state index in [0.29, 0.717) is 25.1 Å². The molecule has 0 radical (unpaired) electrons. The maximum Gasteiger partial charge on any atom is 0.331 e. The molecule has 31 heavy (non-hydrogen) atoms. The Kier molecular flexibility index (Phi) is 6.06. The molecule has 1 aliphatic heterocycles. The van der Waals surface area contributed by atoms with Crippen LogP contribution in [0, 0.1) is 11.8 Å². The standard InChI is InChI=1S/C25H25N3O3/c1-26-23-13-15-27(14-7-11-19-10-6-12-21(16-19)31-2)18-22(23)24(29)28(25(26)30)17-20-8-4-3-5-9-20/h3-6,8-10,12,16H,13-15,17-18H2,1-2H3. The third-order valence-electron chi connectivity index (χ3n) is 5.61. The molecule has 0 fully saturated rings. The minimum atomic E-state index is -0.265. The molecule has 158 valence electrons. The van der Waals surface area contributed by atoms with E-state index < -0.39 is 0 Å². The average Bonchev–Trinajstić information content (AvgIpc) is 2.81. The molecule has 2 heterocycles. The topological polar surface area (TPSA) is 56.5 Å². The summed E-state index contributed by atoms with van der Waals surface area (Å²) in [6.45, 7) is 2.08. The summed E-state index contributed by atoms with van der Waals surface area (Å²) >= 11 is 0. The molecule has 0 N–H and O–H groups in total. The Morgan fingerprint density at radius 2 is 1.87 bits per heavy atom. The molecule has 3 aromatic rings. The molecule has 1 aliphatic rings. The maximum absolute atomic E-state index is 13.2. The first kappa shape index (κ1) is 20.7. The fraction of sp³-hybridized carbons (Fsp3) is 0.280. The Morgan fingerprint density at radius 3 is 2.65 bits per heavy atom. The molecular weight excluding hydrogens is 390 g/mol. The number of benzene rings is 2. The zero-order valence-electron chi connectivity index (χ0n) is 17.8. The largest absolute Gasteiger partial charge is 0.497 e. The van der Waals surface area contributed by atoms with Gasteiger partial charge in [-0.25, -0.2) is 4.79 Å². The third-order valence-corrected chi connectivity index (χ3v) is 5.61. The zero-order chi connectivity index (χ0) is 21.8. The van der Waals surface area contributed by atoms with Crippen molar-refractivity contribution in [1.29, 1.82) is 0 Å². The second kappa shape index (κ2) is 9.07. The normalized spacial score (nSPS) is 13.2. The number of nitrogens with zero attached hydrogens (tertiary/aromatic N) is 3. The van der Waals surface area contributed by atoms with Gasteiger partial charge in [0.15, 0.2) is 0 Å². The lowest BCUT2D eigenvalue weighted by Gasteiger charge is -2.28. The van der Waals surface area contributed by atoms with Crippen LogP contribution in [0.4, 0.5) is 0 Å². The third kappa shape index (κ3) is 4.47. The van der Waals surface area contributed by atoms with Crippen molar-refractivity contribution in [3.8, 4) is 17.6 Å². The van der Waals surface area contributed by atoms with E-state index in [2.05, 4.69) is 16.7 Å². The van der Waals surface area contributed by atoms with Crippen LogP contribution in [0.1, 0.15) is 22.4 Å². The smallest absolute Gasteiger partial charge is 0.331 e. The Hall–Kier alpha value is -3.56. The predicted molar refractivity (Wildman–Crippen MR) is 120 cm³/mol. The zero-order valence-corrected chi connectivity index (χ0v) is 17.8. The van der Waals surface area contributed by atoms with Crippen LogP contribution in [0.25, 0.3) is 0 Å². The predicted octanol–water partition coefficient (Wildman–Crippen LogP) is 2.01. The quantitative estimate of drug-likeness (QED) is 0.612. The molecule has 0 saturated heterocycles. The Morgan fingerprint density at radius 1 is 1.06 bits per heavy atom. The second-order valence-electron chi connectivity index (χ2n) is 7.64. The van der Waals surface area contributed by atoms with Gasteiger partial charge in [-0.3, -0.25) is 14.3 Å². The van der Waals surface area contributed by atoms with Crippen molar-refractivity contribution < 1.29 is 4.74 Å². The lowest BCUT2D eigenvalue weighted by molar-refractivity contribution is 0.275. The van der Waals surface area contributed by atoms with Gasteiger partial charge in [0, 0.05) is 37.8 Å². The van der Waals surface area contributed by atoms with Crippen LogP contribution in [0.3, 0.4) is 0 Å². The van der Waals surface area contributed by atoms with E-state index in [1.165, 1.54) is 4.57 Å². The van der Waals surface area contributed by atoms with Gasteiger partial charge in [-0.15, -0.1) is 0 Å². The molecule has 6 nitrogen and oxygen atoms in total. The van der Waals surface area contributed by atoms with Gasteiger partial charge in [-0.1, -0.05) is 48.2 Å². The highest BCUT2D eigenvalue weighted by Gasteiger charge is 2.23. The van der Waals surface area contributed by atoms with E-state index in [1.807, 2.05) is 54.6 Å². The van der Waals surface area contributed by atoms with Gasteiger partial charge in [0.05, 0.1) is 25.8 Å². The van der Waals surface area contributed by atoms with Crippen LogP contribution in [-0.4, -0.2) is 34.2 Å². The van der Waals surface area contributed by atoms with E-state index >= 15 is 0 Å². The summed E-state index contributed by atoms with van der Waals surface area (Å²) < 4.78 is 8.19. The van der Waals surface area contributed by atoms with Crippen LogP contribution >= 0.6 is 0 Å². The first-order chi connectivity index (χ1) is 15.1. The van der Waals surface area contributed by atoms with Crippen molar-refractivity contribution in [3.63, 3.8) is 0 Å². The molecule has 0 aliphatic carbocycles. The van der Waals surface area contributed by atoms with Crippen LogP contribution in [-0.2, 0) is 26.6 Å². The van der Waals surface area contributed by atoms with Crippen molar-refractivity contribution >= 4 is 0 Å². The van der Waals surface area contributed by atoms with Crippen LogP contribution in [0.15, 0.2) is 64.2 Å². The number of rotatable bonds is 4. The summed E-state index contributed by atoms with van der Waals surface area (Å²) in [5.41, 5.74) is 2.87. The molecule has 1 aromatic heterocycles. The molecule has 0 spiro atoms. The first-order valence-electron chi connectivity index (χ1n) is 10.3. The lowest BCUT2D eigenvalue weighted by Crippen LogP contribution is -2.47. The number of ether oxygens (including phenoxy) is 1. The fourth-order valence-corrected chi connectivity index (χ4v) is 3.91. The molecule has 0 saturated carbocycles. The number of hydrogen-bond donors (Lipinski definition) is 0. The highest BCUT2D eigenvalue weighted by atomic mass is 16.5. The van der Waals surface area contributed by atoms with Gasteiger partial charge in [-0.05, 0) is 23.8 Å². The monoisotopic (exact) mass is 415 g/mol. The van der Waals surface area contributed by atoms with Crippen LogP contribution in [0.5, 0.6) is 5.75 Å². The minimum Gasteiger partial charge on any atom is -0.497 e. The van der Waals surface area contributed by atoms with E-state index in [1.54, 1.807) is 18.7 Å². The van der Waals surface area contributed by atoms with Gasteiger partial charge in [-0.2, -0.15) is 0 Å². The van der Waals surface area contributed by atoms with Crippen molar-refractivity contribution in [1.82, 2.24) is 14.0 Å². The number of fused-ring (bicyclic) bond motifs is 1. The number of methoxy groups -OCH3 is 1. The van der Waals surface area contributed by atoms with Crippen LogP contribution in [0.2, 0.25) is 0 Å². The summed E-state index contributed by atoms with van der Waals surface area (Å²) in [7, 11) is 3.38. The molecule has 0 amide bonds. The molecule has 0 atom stereocenters. The van der Waals surface area contributed by atoms with Gasteiger partial charge >= 0.3 is 5.69 Å². The highest BCUT2D eigenvalue weighted by Crippen LogP contribution is 2.14. The SMILES string of the molecule is COc1cccc(C#CCN2CCc3c(c(=O)n(Cc4ccccc4)c(=O)n3C)C2)c1. The van der Waals surface area contributed by atoms with E-state index in [9.17, 15) is 9.59 Å². The van der Waals surface area contributed by atoms with Gasteiger partial charge in [0.1, 0.15) is 5.75 Å². The number of aromatic nitrogens is 2. The van der Waals surface area contributed by atoms with Crippen molar-refractivity contribution in [2.75, 3.05) is 20.2 Å². The Labute approximate surface area is 181 Å². The maximum atomic E-state index is 13.2. The van der Waals surface area contributed by atoms with Crippen molar-refractivity contribution in [3.05, 3.63) is 97.8 Å². The fourth-order valence-electron chi connectivity index (χ4n) is 3.91. The van der Waals surface area contributed by atoms with E-state index in [0.717, 1.165) is 29.1 Å². The molecule has 4 rings (SSSR count). The minimum absolute atomic E-state index is 0.201. The van der Waals surface area contributed by atoms with Crippen LogP contribution < -0.4 is 16.0 Å².